The van der Waals surface area contributed by atoms with Gasteiger partial charge in [-0.2, -0.15) is 0 Å². The second-order valence-electron chi connectivity index (χ2n) is 7.64. The highest BCUT2D eigenvalue weighted by molar-refractivity contribution is 6.63. The number of nitrogens with zero attached hydrogens (tertiary/aromatic N) is 1. The van der Waals surface area contributed by atoms with E-state index in [4.69, 9.17) is 16.3 Å². The van der Waals surface area contributed by atoms with Crippen LogP contribution in [0.15, 0.2) is 6.07 Å². The number of ether oxygens (including phenoxy) is 1. The summed E-state index contributed by atoms with van der Waals surface area (Å²) in [6, 6.07) is 1.66. The standard InChI is InChI=1S/C21H26ClNO6/c1-11-8-9-16(25)19(26)15(24)7-5-6-13-10-14(23(3)4)18(22)20(27)17(13)21(28)29-12(11)2/h10-12,27H,5-9H2,1-4H3/t11-,12+/m1/s1. The summed E-state index contributed by atoms with van der Waals surface area (Å²) >= 11 is 6.25. The van der Waals surface area contributed by atoms with Crippen LogP contribution >= 0.6 is 11.6 Å². The number of aryl methyl sites for hydroxylation is 1. The Morgan fingerprint density at radius 3 is 2.31 bits per heavy atom. The van der Waals surface area contributed by atoms with E-state index in [0.717, 1.165) is 0 Å². The summed E-state index contributed by atoms with van der Waals surface area (Å²) in [5.74, 6) is -3.74. The molecule has 8 heteroatoms. The number of halogens is 1. The van der Waals surface area contributed by atoms with Crippen LogP contribution in [0.4, 0.5) is 5.69 Å². The van der Waals surface area contributed by atoms with Crippen LogP contribution in [-0.4, -0.2) is 48.6 Å². The summed E-state index contributed by atoms with van der Waals surface area (Å²) in [6.45, 7) is 3.46. The van der Waals surface area contributed by atoms with E-state index < -0.39 is 29.4 Å². The first-order chi connectivity index (χ1) is 13.5. The second-order valence-corrected chi connectivity index (χ2v) is 8.02. The first kappa shape index (κ1) is 22.9. The number of benzene rings is 1. The molecule has 0 bridgehead atoms. The topological polar surface area (TPSA) is 101 Å². The first-order valence-corrected chi connectivity index (χ1v) is 9.95. The van der Waals surface area contributed by atoms with E-state index in [1.54, 1.807) is 38.9 Å². The Hall–Kier alpha value is -2.41. The molecule has 1 aromatic rings. The molecule has 1 aliphatic heterocycles. The van der Waals surface area contributed by atoms with Crippen LogP contribution in [0.1, 0.15) is 55.5 Å². The van der Waals surface area contributed by atoms with E-state index in [9.17, 15) is 24.3 Å². The zero-order valence-corrected chi connectivity index (χ0v) is 17.8. The van der Waals surface area contributed by atoms with Gasteiger partial charge in [0.05, 0.1) is 5.69 Å². The molecule has 2 rings (SSSR count). The maximum atomic E-state index is 12.8. The van der Waals surface area contributed by atoms with E-state index >= 15 is 0 Å². The van der Waals surface area contributed by atoms with Crippen molar-refractivity contribution in [2.75, 3.05) is 19.0 Å². The smallest absolute Gasteiger partial charge is 0.342 e. The fraction of sp³-hybridized carbons (Fsp3) is 0.524. The van der Waals surface area contributed by atoms with Gasteiger partial charge in [0.15, 0.2) is 5.75 Å². The molecular weight excluding hydrogens is 398 g/mol. The number of esters is 1. The summed E-state index contributed by atoms with van der Waals surface area (Å²) < 4.78 is 5.52. The number of phenolic OH excluding ortho intramolecular Hbond substituents is 1. The lowest BCUT2D eigenvalue weighted by molar-refractivity contribution is -0.144. The molecule has 0 saturated carbocycles. The van der Waals surface area contributed by atoms with Crippen molar-refractivity contribution in [1.82, 2.24) is 0 Å². The van der Waals surface area contributed by atoms with Gasteiger partial charge in [-0.3, -0.25) is 14.4 Å². The van der Waals surface area contributed by atoms with Crippen molar-refractivity contribution < 1.29 is 29.0 Å². The monoisotopic (exact) mass is 423 g/mol. The number of rotatable bonds is 1. The van der Waals surface area contributed by atoms with Crippen LogP contribution in [0.5, 0.6) is 5.75 Å². The lowest BCUT2D eigenvalue weighted by Crippen LogP contribution is -2.27. The van der Waals surface area contributed by atoms with Gasteiger partial charge >= 0.3 is 5.97 Å². The highest BCUT2D eigenvalue weighted by Gasteiger charge is 2.29. The molecule has 2 atom stereocenters. The number of hydrogen-bond acceptors (Lipinski definition) is 7. The molecule has 0 fully saturated rings. The molecule has 1 aliphatic rings. The Morgan fingerprint density at radius 1 is 1.07 bits per heavy atom. The lowest BCUT2D eigenvalue weighted by atomic mass is 9.94. The van der Waals surface area contributed by atoms with Crippen LogP contribution < -0.4 is 4.90 Å². The van der Waals surface area contributed by atoms with Crippen molar-refractivity contribution in [3.05, 3.63) is 22.2 Å². The Labute approximate surface area is 175 Å². The van der Waals surface area contributed by atoms with Crippen molar-refractivity contribution in [3.8, 4) is 5.75 Å². The number of aromatic hydroxyl groups is 1. The zero-order chi connectivity index (χ0) is 21.9. The van der Waals surface area contributed by atoms with Gasteiger partial charge in [-0.05, 0) is 43.7 Å². The molecule has 0 saturated heterocycles. The van der Waals surface area contributed by atoms with Crippen LogP contribution in [-0.2, 0) is 25.5 Å². The van der Waals surface area contributed by atoms with Gasteiger partial charge in [-0.15, -0.1) is 0 Å². The maximum Gasteiger partial charge on any atom is 0.342 e. The molecule has 0 spiro atoms. The summed E-state index contributed by atoms with van der Waals surface area (Å²) in [6.07, 6.45) is -0.000804. The third-order valence-electron chi connectivity index (χ3n) is 5.27. The number of carbonyl (C=O) groups excluding carboxylic acids is 4. The van der Waals surface area contributed by atoms with Gasteiger partial charge in [0.2, 0.25) is 11.6 Å². The number of anilines is 1. The lowest BCUT2D eigenvalue weighted by Gasteiger charge is -2.23. The van der Waals surface area contributed by atoms with Crippen LogP contribution in [0.25, 0.3) is 0 Å². The third-order valence-corrected chi connectivity index (χ3v) is 5.64. The van der Waals surface area contributed by atoms with Crippen molar-refractivity contribution in [3.63, 3.8) is 0 Å². The largest absolute Gasteiger partial charge is 0.505 e. The van der Waals surface area contributed by atoms with Gasteiger partial charge < -0.3 is 14.7 Å². The minimum atomic E-state index is -0.980. The predicted octanol–water partition coefficient (Wildman–Crippen LogP) is 3.12. The molecule has 0 unspecified atom stereocenters. The van der Waals surface area contributed by atoms with E-state index in [2.05, 4.69) is 0 Å². The molecule has 1 heterocycles. The predicted molar refractivity (Wildman–Crippen MR) is 109 cm³/mol. The van der Waals surface area contributed by atoms with Crippen LogP contribution in [0.3, 0.4) is 0 Å². The summed E-state index contributed by atoms with van der Waals surface area (Å²) in [5.41, 5.74) is 0.937. The number of carbonyl (C=O) groups is 4. The third kappa shape index (κ3) is 5.15. The highest BCUT2D eigenvalue weighted by Crippen LogP contribution is 2.39. The van der Waals surface area contributed by atoms with E-state index in [1.165, 1.54) is 0 Å². The van der Waals surface area contributed by atoms with E-state index in [1.807, 2.05) is 0 Å². The number of cyclic esters (lactones) is 1. The molecule has 1 N–H and O–H groups in total. The molecular formula is C21H26ClNO6. The fourth-order valence-corrected chi connectivity index (χ4v) is 3.51. The minimum Gasteiger partial charge on any atom is -0.505 e. The number of fused-ring (bicyclic) bond motifs is 1. The SMILES string of the molecule is C[C@@H]1CCC(=O)C(=O)C(=O)CCCc2cc(N(C)C)c(Cl)c(O)c2C(=O)O[C@H]1C. The average Bonchev–Trinajstić information content (AvgIpc) is 2.66. The van der Waals surface area contributed by atoms with Crippen LogP contribution in [0.2, 0.25) is 5.02 Å². The van der Waals surface area contributed by atoms with Crippen molar-refractivity contribution in [2.45, 2.75) is 52.1 Å². The number of Topliss-reactive ketones (excluding diaryl/α,β-unsaturated/α-hetero) is 3. The normalized spacial score (nSPS) is 22.0. The van der Waals surface area contributed by atoms with E-state index in [-0.39, 0.29) is 47.9 Å². The van der Waals surface area contributed by atoms with Crippen LogP contribution in [0, 0.1) is 5.92 Å². The van der Waals surface area contributed by atoms with Gasteiger partial charge in [0, 0.05) is 26.9 Å². The Morgan fingerprint density at radius 2 is 1.69 bits per heavy atom. The van der Waals surface area contributed by atoms with Crippen molar-refractivity contribution >= 4 is 40.6 Å². The quantitative estimate of drug-likeness (QED) is 0.547. The first-order valence-electron chi connectivity index (χ1n) is 9.57. The van der Waals surface area contributed by atoms with E-state index in [0.29, 0.717) is 17.7 Å². The number of ketones is 3. The molecule has 0 amide bonds. The Balaban J connectivity index is 2.49. The summed E-state index contributed by atoms with van der Waals surface area (Å²) in [5, 5.41) is 10.6. The molecule has 29 heavy (non-hydrogen) atoms. The minimum absolute atomic E-state index is 0.0318. The molecule has 0 aliphatic carbocycles. The molecule has 0 aromatic heterocycles. The fourth-order valence-electron chi connectivity index (χ4n) is 3.19. The summed E-state index contributed by atoms with van der Waals surface area (Å²) in [7, 11) is 3.48. The van der Waals surface area contributed by atoms with Gasteiger partial charge in [-0.25, -0.2) is 4.79 Å². The molecule has 7 nitrogen and oxygen atoms in total. The average molecular weight is 424 g/mol. The second kappa shape index (κ2) is 9.39. The zero-order valence-electron chi connectivity index (χ0n) is 17.1. The Bertz CT molecular complexity index is 848. The van der Waals surface area contributed by atoms with Gasteiger partial charge in [-0.1, -0.05) is 18.5 Å². The highest BCUT2D eigenvalue weighted by atomic mass is 35.5. The molecule has 158 valence electrons. The van der Waals surface area contributed by atoms with Gasteiger partial charge in [0.25, 0.3) is 5.78 Å². The molecule has 1 aromatic carbocycles. The maximum absolute atomic E-state index is 12.8. The summed E-state index contributed by atoms with van der Waals surface area (Å²) in [4.78, 5) is 50.6. The molecule has 0 radical (unpaired) electrons. The number of hydrogen-bond donors (Lipinski definition) is 1. The number of phenols is 1. The van der Waals surface area contributed by atoms with Crippen molar-refractivity contribution in [1.29, 1.82) is 0 Å². The van der Waals surface area contributed by atoms with Crippen molar-refractivity contribution in [2.24, 2.45) is 5.92 Å². The van der Waals surface area contributed by atoms with Gasteiger partial charge in [0.1, 0.15) is 16.7 Å². The Kier molecular flexibility index (Phi) is 7.41.